The van der Waals surface area contributed by atoms with Crippen LogP contribution in [0.3, 0.4) is 0 Å². The first-order chi connectivity index (χ1) is 9.60. The zero-order chi connectivity index (χ0) is 14.5. The van der Waals surface area contributed by atoms with Crippen LogP contribution in [0.5, 0.6) is 0 Å². The summed E-state index contributed by atoms with van der Waals surface area (Å²) < 4.78 is 0. The van der Waals surface area contributed by atoms with E-state index in [1.165, 1.54) is 29.5 Å². The second kappa shape index (κ2) is 7.21. The summed E-state index contributed by atoms with van der Waals surface area (Å²) in [7, 11) is 0. The molecule has 1 aliphatic rings. The lowest BCUT2D eigenvalue weighted by Gasteiger charge is -2.31. The number of nitrogens with one attached hydrogen (secondary N) is 1. The zero-order valence-electron chi connectivity index (χ0n) is 13.0. The Balaban J connectivity index is 2.09. The SMILES string of the molecule is Cc1cc(C)cc(C(C)N(CCO)CC2CCCN2)c1. The normalized spacial score (nSPS) is 20.6. The van der Waals surface area contributed by atoms with Crippen molar-refractivity contribution in [2.75, 3.05) is 26.2 Å². The van der Waals surface area contributed by atoms with Crippen LogP contribution >= 0.6 is 0 Å². The molecule has 2 atom stereocenters. The van der Waals surface area contributed by atoms with Crippen LogP contribution in [-0.2, 0) is 0 Å². The molecule has 2 N–H and O–H groups in total. The Bertz CT molecular complexity index is 407. The van der Waals surface area contributed by atoms with Crippen LogP contribution in [0.1, 0.15) is 42.5 Å². The molecule has 1 aromatic carbocycles. The number of hydrogen-bond acceptors (Lipinski definition) is 3. The van der Waals surface area contributed by atoms with Crippen molar-refractivity contribution in [1.82, 2.24) is 10.2 Å². The van der Waals surface area contributed by atoms with Gasteiger partial charge in [0.05, 0.1) is 6.61 Å². The van der Waals surface area contributed by atoms with E-state index in [0.29, 0.717) is 12.1 Å². The minimum absolute atomic E-state index is 0.224. The maximum Gasteiger partial charge on any atom is 0.0558 e. The van der Waals surface area contributed by atoms with Crippen molar-refractivity contribution in [3.05, 3.63) is 34.9 Å². The van der Waals surface area contributed by atoms with Gasteiger partial charge in [-0.3, -0.25) is 4.90 Å². The minimum Gasteiger partial charge on any atom is -0.395 e. The summed E-state index contributed by atoms with van der Waals surface area (Å²) in [6.45, 7) is 9.67. The van der Waals surface area contributed by atoms with Gasteiger partial charge >= 0.3 is 0 Å². The molecular weight excluding hydrogens is 248 g/mol. The van der Waals surface area contributed by atoms with E-state index in [2.05, 4.69) is 49.2 Å². The van der Waals surface area contributed by atoms with Crippen LogP contribution in [0.15, 0.2) is 18.2 Å². The van der Waals surface area contributed by atoms with E-state index >= 15 is 0 Å². The third-order valence-corrected chi connectivity index (χ3v) is 4.28. The monoisotopic (exact) mass is 276 g/mol. The second-order valence-electron chi connectivity index (χ2n) is 6.11. The van der Waals surface area contributed by atoms with E-state index in [9.17, 15) is 5.11 Å². The van der Waals surface area contributed by atoms with Gasteiger partial charge in [-0.15, -0.1) is 0 Å². The van der Waals surface area contributed by atoms with Gasteiger partial charge in [0, 0.05) is 25.2 Å². The molecule has 0 aromatic heterocycles. The lowest BCUT2D eigenvalue weighted by molar-refractivity contribution is 0.147. The Morgan fingerprint density at radius 1 is 1.30 bits per heavy atom. The Labute approximate surface area is 123 Å². The predicted molar refractivity (Wildman–Crippen MR) is 84.0 cm³/mol. The Kier molecular flexibility index (Phi) is 5.58. The molecule has 1 saturated heterocycles. The molecule has 2 unspecified atom stereocenters. The van der Waals surface area contributed by atoms with Gasteiger partial charge in [0.1, 0.15) is 0 Å². The molecule has 1 fully saturated rings. The van der Waals surface area contributed by atoms with Crippen LogP contribution in [0.4, 0.5) is 0 Å². The third-order valence-electron chi connectivity index (χ3n) is 4.28. The summed E-state index contributed by atoms with van der Waals surface area (Å²) in [5.41, 5.74) is 3.98. The van der Waals surface area contributed by atoms with Crippen LogP contribution in [0, 0.1) is 13.8 Å². The summed E-state index contributed by atoms with van der Waals surface area (Å²) in [4.78, 5) is 2.40. The summed E-state index contributed by atoms with van der Waals surface area (Å²) in [5, 5.41) is 12.9. The van der Waals surface area contributed by atoms with E-state index < -0.39 is 0 Å². The highest BCUT2D eigenvalue weighted by Crippen LogP contribution is 2.23. The first kappa shape index (κ1) is 15.5. The zero-order valence-corrected chi connectivity index (χ0v) is 13.0. The molecule has 3 heteroatoms. The first-order valence-electron chi connectivity index (χ1n) is 7.76. The van der Waals surface area contributed by atoms with Gasteiger partial charge < -0.3 is 10.4 Å². The highest BCUT2D eigenvalue weighted by Gasteiger charge is 2.22. The lowest BCUT2D eigenvalue weighted by Crippen LogP contribution is -2.40. The van der Waals surface area contributed by atoms with Crippen LogP contribution in [0.2, 0.25) is 0 Å². The van der Waals surface area contributed by atoms with Crippen molar-refractivity contribution in [3.8, 4) is 0 Å². The molecule has 1 aromatic rings. The van der Waals surface area contributed by atoms with E-state index in [4.69, 9.17) is 0 Å². The smallest absolute Gasteiger partial charge is 0.0558 e. The molecule has 1 aliphatic heterocycles. The number of rotatable bonds is 6. The average molecular weight is 276 g/mol. The molecule has 0 spiro atoms. The number of aliphatic hydroxyl groups is 1. The first-order valence-corrected chi connectivity index (χ1v) is 7.76. The van der Waals surface area contributed by atoms with E-state index in [1.807, 2.05) is 0 Å². The minimum atomic E-state index is 0.224. The fraction of sp³-hybridized carbons (Fsp3) is 0.647. The molecular formula is C17H28N2O. The van der Waals surface area contributed by atoms with E-state index in [-0.39, 0.29) is 6.61 Å². The number of aliphatic hydroxyl groups excluding tert-OH is 1. The summed E-state index contributed by atoms with van der Waals surface area (Å²) >= 11 is 0. The molecule has 112 valence electrons. The van der Waals surface area contributed by atoms with Crippen molar-refractivity contribution < 1.29 is 5.11 Å². The van der Waals surface area contributed by atoms with Crippen molar-refractivity contribution in [1.29, 1.82) is 0 Å². The molecule has 20 heavy (non-hydrogen) atoms. The molecule has 2 rings (SSSR count). The number of hydrogen-bond donors (Lipinski definition) is 2. The molecule has 0 saturated carbocycles. The Hall–Kier alpha value is -0.900. The average Bonchev–Trinajstić information content (AvgIpc) is 2.89. The maximum atomic E-state index is 9.35. The van der Waals surface area contributed by atoms with Gasteiger partial charge in [-0.25, -0.2) is 0 Å². The molecule has 0 radical (unpaired) electrons. The molecule has 3 nitrogen and oxygen atoms in total. The van der Waals surface area contributed by atoms with Gasteiger partial charge in [0.2, 0.25) is 0 Å². The maximum absolute atomic E-state index is 9.35. The topological polar surface area (TPSA) is 35.5 Å². The van der Waals surface area contributed by atoms with Crippen molar-refractivity contribution in [2.24, 2.45) is 0 Å². The van der Waals surface area contributed by atoms with Gasteiger partial charge in [0.25, 0.3) is 0 Å². The van der Waals surface area contributed by atoms with Gasteiger partial charge in [-0.1, -0.05) is 29.3 Å². The fourth-order valence-electron chi connectivity index (χ4n) is 3.23. The third kappa shape index (κ3) is 4.05. The largest absolute Gasteiger partial charge is 0.395 e. The molecule has 1 heterocycles. The highest BCUT2D eigenvalue weighted by atomic mass is 16.3. The van der Waals surface area contributed by atoms with Crippen molar-refractivity contribution >= 4 is 0 Å². The second-order valence-corrected chi connectivity index (χ2v) is 6.11. The Morgan fingerprint density at radius 3 is 2.55 bits per heavy atom. The van der Waals surface area contributed by atoms with E-state index in [0.717, 1.165) is 19.6 Å². The fourth-order valence-corrected chi connectivity index (χ4v) is 3.23. The van der Waals surface area contributed by atoms with Crippen molar-refractivity contribution in [2.45, 2.75) is 45.7 Å². The van der Waals surface area contributed by atoms with Gasteiger partial charge in [0.15, 0.2) is 0 Å². The Morgan fingerprint density at radius 2 is 2.00 bits per heavy atom. The molecule has 0 amide bonds. The predicted octanol–water partition coefficient (Wildman–Crippen LogP) is 2.41. The van der Waals surface area contributed by atoms with E-state index in [1.54, 1.807) is 0 Å². The highest BCUT2D eigenvalue weighted by molar-refractivity contribution is 5.30. The molecule has 0 aliphatic carbocycles. The van der Waals surface area contributed by atoms with Crippen LogP contribution in [-0.4, -0.2) is 42.3 Å². The summed E-state index contributed by atoms with van der Waals surface area (Å²) in [6.07, 6.45) is 2.52. The summed E-state index contributed by atoms with van der Waals surface area (Å²) in [6, 6.07) is 7.68. The van der Waals surface area contributed by atoms with Crippen LogP contribution in [0.25, 0.3) is 0 Å². The molecule has 0 bridgehead atoms. The number of nitrogens with zero attached hydrogens (tertiary/aromatic N) is 1. The van der Waals surface area contributed by atoms with Gasteiger partial charge in [-0.2, -0.15) is 0 Å². The van der Waals surface area contributed by atoms with Crippen molar-refractivity contribution in [3.63, 3.8) is 0 Å². The lowest BCUT2D eigenvalue weighted by atomic mass is 10.0. The number of benzene rings is 1. The standard InChI is InChI=1S/C17H28N2O/c1-13-9-14(2)11-16(10-13)15(3)19(7-8-20)12-17-5-4-6-18-17/h9-11,15,17-18,20H,4-8,12H2,1-3H3. The van der Waals surface area contributed by atoms with Crippen LogP contribution < -0.4 is 5.32 Å². The number of aryl methyl sites for hydroxylation is 2. The quantitative estimate of drug-likeness (QED) is 0.837. The summed E-state index contributed by atoms with van der Waals surface area (Å²) in [5.74, 6) is 0. The van der Waals surface area contributed by atoms with Gasteiger partial charge in [-0.05, 0) is 45.7 Å².